The highest BCUT2D eigenvalue weighted by atomic mass is 79.9. The average Bonchev–Trinajstić information content (AvgIpc) is 2.76. The molecule has 0 aromatic carbocycles. The molecule has 1 saturated heterocycles. The number of aromatic amines is 1. The van der Waals surface area contributed by atoms with Crippen molar-refractivity contribution in [2.75, 3.05) is 26.7 Å². The third kappa shape index (κ3) is 3.10. The summed E-state index contributed by atoms with van der Waals surface area (Å²) in [6.45, 7) is 2.78. The van der Waals surface area contributed by atoms with Crippen molar-refractivity contribution >= 4 is 21.8 Å². The van der Waals surface area contributed by atoms with Crippen molar-refractivity contribution in [3.8, 4) is 0 Å². The summed E-state index contributed by atoms with van der Waals surface area (Å²) in [4.78, 5) is 17.1. The molecule has 1 aromatic rings. The van der Waals surface area contributed by atoms with Gasteiger partial charge in [0.25, 0.3) is 5.91 Å². The maximum atomic E-state index is 12.1. The van der Waals surface area contributed by atoms with Crippen molar-refractivity contribution in [2.24, 2.45) is 5.92 Å². The van der Waals surface area contributed by atoms with Crippen LogP contribution in [0.25, 0.3) is 0 Å². The van der Waals surface area contributed by atoms with E-state index in [1.807, 2.05) is 18.0 Å². The van der Waals surface area contributed by atoms with E-state index >= 15 is 0 Å². The minimum atomic E-state index is 0.110. The second-order valence-corrected chi connectivity index (χ2v) is 5.44. The minimum absolute atomic E-state index is 0.110. The van der Waals surface area contributed by atoms with Crippen molar-refractivity contribution in [3.05, 3.63) is 22.4 Å². The van der Waals surface area contributed by atoms with Crippen LogP contribution < -0.4 is 5.32 Å². The molecule has 0 unspecified atom stereocenters. The van der Waals surface area contributed by atoms with Gasteiger partial charge in [0.15, 0.2) is 0 Å². The first kappa shape index (κ1) is 12.6. The van der Waals surface area contributed by atoms with E-state index in [1.54, 1.807) is 6.20 Å². The van der Waals surface area contributed by atoms with Crippen molar-refractivity contribution < 1.29 is 4.79 Å². The molecule has 0 aliphatic carbocycles. The first-order valence-electron chi connectivity index (χ1n) is 5.98. The highest BCUT2D eigenvalue weighted by molar-refractivity contribution is 9.10. The number of hydrogen-bond acceptors (Lipinski definition) is 2. The van der Waals surface area contributed by atoms with Crippen molar-refractivity contribution in [3.63, 3.8) is 0 Å². The summed E-state index contributed by atoms with van der Waals surface area (Å²) < 4.78 is 0.922. The molecule has 0 atom stereocenters. The Morgan fingerprint density at radius 2 is 2.29 bits per heavy atom. The van der Waals surface area contributed by atoms with E-state index in [-0.39, 0.29) is 5.91 Å². The number of rotatable bonds is 3. The first-order chi connectivity index (χ1) is 8.20. The second kappa shape index (κ2) is 5.69. The number of piperidine rings is 1. The molecule has 1 amide bonds. The van der Waals surface area contributed by atoms with Crippen LogP contribution in [-0.4, -0.2) is 42.5 Å². The number of nitrogens with zero attached hydrogens (tertiary/aromatic N) is 1. The normalized spacial score (nSPS) is 17.4. The molecule has 0 bridgehead atoms. The Kier molecular flexibility index (Phi) is 4.23. The van der Waals surface area contributed by atoms with Gasteiger partial charge in [-0.25, -0.2) is 0 Å². The SMILES string of the molecule is CNCC1CCN(C(=O)c2cc(Br)c[nH]2)CC1. The number of aromatic nitrogens is 1. The quantitative estimate of drug-likeness (QED) is 0.895. The monoisotopic (exact) mass is 299 g/mol. The van der Waals surface area contributed by atoms with Gasteiger partial charge in [0.2, 0.25) is 0 Å². The first-order valence-corrected chi connectivity index (χ1v) is 6.78. The number of likely N-dealkylation sites (tertiary alicyclic amines) is 1. The van der Waals surface area contributed by atoms with E-state index < -0.39 is 0 Å². The van der Waals surface area contributed by atoms with Crippen LogP contribution in [0.2, 0.25) is 0 Å². The zero-order valence-corrected chi connectivity index (χ0v) is 11.6. The van der Waals surface area contributed by atoms with E-state index in [2.05, 4.69) is 26.2 Å². The molecule has 17 heavy (non-hydrogen) atoms. The Morgan fingerprint density at radius 1 is 1.59 bits per heavy atom. The number of carbonyl (C=O) groups excluding carboxylic acids is 1. The van der Waals surface area contributed by atoms with Gasteiger partial charge < -0.3 is 15.2 Å². The van der Waals surface area contributed by atoms with Crippen LogP contribution in [0.5, 0.6) is 0 Å². The van der Waals surface area contributed by atoms with E-state index in [0.29, 0.717) is 11.6 Å². The number of H-pyrrole nitrogens is 1. The lowest BCUT2D eigenvalue weighted by molar-refractivity contribution is 0.0685. The number of amides is 1. The molecule has 1 fully saturated rings. The Labute approximate surface area is 110 Å². The second-order valence-electron chi connectivity index (χ2n) is 4.52. The molecule has 1 aromatic heterocycles. The highest BCUT2D eigenvalue weighted by Gasteiger charge is 2.23. The van der Waals surface area contributed by atoms with E-state index in [1.165, 1.54) is 0 Å². The topological polar surface area (TPSA) is 48.1 Å². The minimum Gasteiger partial charge on any atom is -0.356 e. The molecule has 0 radical (unpaired) electrons. The fourth-order valence-electron chi connectivity index (χ4n) is 2.29. The Morgan fingerprint density at radius 3 is 2.82 bits per heavy atom. The summed E-state index contributed by atoms with van der Waals surface area (Å²) >= 11 is 3.34. The molecule has 1 aliphatic heterocycles. The largest absolute Gasteiger partial charge is 0.356 e. The molecule has 94 valence electrons. The van der Waals surface area contributed by atoms with Crippen LogP contribution in [-0.2, 0) is 0 Å². The van der Waals surface area contributed by atoms with Crippen LogP contribution in [0.4, 0.5) is 0 Å². The fourth-order valence-corrected chi connectivity index (χ4v) is 2.63. The molecule has 0 spiro atoms. The van der Waals surface area contributed by atoms with Crippen LogP contribution in [0, 0.1) is 5.92 Å². The Balaban J connectivity index is 1.90. The summed E-state index contributed by atoms with van der Waals surface area (Å²) in [5.41, 5.74) is 0.670. The lowest BCUT2D eigenvalue weighted by Gasteiger charge is -2.31. The number of halogens is 1. The van der Waals surface area contributed by atoms with Gasteiger partial charge in [-0.1, -0.05) is 0 Å². The molecule has 2 rings (SSSR count). The molecule has 5 heteroatoms. The van der Waals surface area contributed by atoms with Crippen molar-refractivity contribution in [1.82, 2.24) is 15.2 Å². The molecule has 1 aliphatic rings. The summed E-state index contributed by atoms with van der Waals surface area (Å²) in [6.07, 6.45) is 3.98. The summed E-state index contributed by atoms with van der Waals surface area (Å²) in [7, 11) is 1.98. The van der Waals surface area contributed by atoms with Gasteiger partial charge in [0.1, 0.15) is 5.69 Å². The number of nitrogens with one attached hydrogen (secondary N) is 2. The molecular formula is C12H18BrN3O. The third-order valence-electron chi connectivity index (χ3n) is 3.27. The lowest BCUT2D eigenvalue weighted by atomic mass is 9.97. The van der Waals surface area contributed by atoms with E-state index in [9.17, 15) is 4.79 Å². The van der Waals surface area contributed by atoms with Crippen LogP contribution in [0.3, 0.4) is 0 Å². The summed E-state index contributed by atoms with van der Waals surface area (Å²) in [5, 5.41) is 3.20. The lowest BCUT2D eigenvalue weighted by Crippen LogP contribution is -2.40. The highest BCUT2D eigenvalue weighted by Crippen LogP contribution is 2.19. The van der Waals surface area contributed by atoms with E-state index in [0.717, 1.165) is 36.9 Å². The zero-order chi connectivity index (χ0) is 12.3. The number of carbonyl (C=O) groups is 1. The van der Waals surface area contributed by atoms with Crippen LogP contribution >= 0.6 is 15.9 Å². The molecule has 4 nitrogen and oxygen atoms in total. The molecule has 2 heterocycles. The molecule has 2 N–H and O–H groups in total. The smallest absolute Gasteiger partial charge is 0.270 e. The van der Waals surface area contributed by atoms with Crippen LogP contribution in [0.1, 0.15) is 23.3 Å². The zero-order valence-electron chi connectivity index (χ0n) is 10.0. The van der Waals surface area contributed by atoms with Crippen molar-refractivity contribution in [1.29, 1.82) is 0 Å². The maximum absolute atomic E-state index is 12.1. The predicted octanol–water partition coefficient (Wildman–Crippen LogP) is 1.85. The van der Waals surface area contributed by atoms with Gasteiger partial charge in [-0.3, -0.25) is 4.79 Å². The van der Waals surface area contributed by atoms with Gasteiger partial charge in [-0.05, 0) is 54.3 Å². The summed E-state index contributed by atoms with van der Waals surface area (Å²) in [6, 6.07) is 1.84. The molecular weight excluding hydrogens is 282 g/mol. The van der Waals surface area contributed by atoms with E-state index in [4.69, 9.17) is 0 Å². The maximum Gasteiger partial charge on any atom is 0.270 e. The van der Waals surface area contributed by atoms with Crippen molar-refractivity contribution in [2.45, 2.75) is 12.8 Å². The van der Waals surface area contributed by atoms with Gasteiger partial charge in [0, 0.05) is 23.8 Å². The number of hydrogen-bond donors (Lipinski definition) is 2. The van der Waals surface area contributed by atoms with Gasteiger partial charge in [0.05, 0.1) is 0 Å². The predicted molar refractivity (Wildman–Crippen MR) is 71.0 cm³/mol. The fraction of sp³-hybridized carbons (Fsp3) is 0.583. The Hall–Kier alpha value is -0.810. The molecule has 0 saturated carbocycles. The van der Waals surface area contributed by atoms with Gasteiger partial charge in [-0.15, -0.1) is 0 Å². The van der Waals surface area contributed by atoms with Gasteiger partial charge >= 0.3 is 0 Å². The standard InChI is InChI=1S/C12H18BrN3O/c1-14-7-9-2-4-16(5-3-9)12(17)11-6-10(13)8-15-11/h6,8-9,14-15H,2-5,7H2,1H3. The van der Waals surface area contributed by atoms with Crippen LogP contribution in [0.15, 0.2) is 16.7 Å². The van der Waals surface area contributed by atoms with Gasteiger partial charge in [-0.2, -0.15) is 0 Å². The summed E-state index contributed by atoms with van der Waals surface area (Å²) in [5.74, 6) is 0.818. The Bertz CT molecular complexity index is 383. The third-order valence-corrected chi connectivity index (χ3v) is 3.73. The average molecular weight is 300 g/mol.